The number of H-pyrrole nitrogens is 1. The second-order valence-electron chi connectivity index (χ2n) is 4.50. The number of nitrogens with one attached hydrogen (secondary N) is 2. The summed E-state index contributed by atoms with van der Waals surface area (Å²) in [5, 5.41) is 2.21. The van der Waals surface area contributed by atoms with Crippen LogP contribution in [0, 0.1) is 11.7 Å². The number of fused-ring (bicyclic) bond motifs is 1. The van der Waals surface area contributed by atoms with Crippen molar-refractivity contribution >= 4 is 40.4 Å². The van der Waals surface area contributed by atoms with Crippen LogP contribution in [0.25, 0.3) is 10.9 Å². The third kappa shape index (κ3) is 2.53. The van der Waals surface area contributed by atoms with Crippen LogP contribution in [0.1, 0.15) is 15.2 Å². The highest BCUT2D eigenvalue weighted by Gasteiger charge is 2.11. The highest BCUT2D eigenvalue weighted by atomic mass is 32.1. The molecular weight excluding hydrogens is 306 g/mol. The van der Waals surface area contributed by atoms with E-state index in [9.17, 15) is 9.59 Å². The molecule has 5 nitrogen and oxygen atoms in total. The molecule has 106 valence electrons. The number of rotatable bonds is 2. The maximum atomic E-state index is 12.4. The van der Waals surface area contributed by atoms with Crippen molar-refractivity contribution in [3.63, 3.8) is 0 Å². The molecule has 0 saturated carbocycles. The summed E-state index contributed by atoms with van der Waals surface area (Å²) >= 11 is 6.61. The molecule has 2 aromatic heterocycles. The Labute approximate surface area is 128 Å². The van der Waals surface area contributed by atoms with Crippen molar-refractivity contribution in [3.05, 3.63) is 61.3 Å². The normalized spacial score (nSPS) is 10.7. The fraction of sp³-hybridized carbons (Fsp3) is 0.0714. The molecule has 0 aliphatic carbocycles. The van der Waals surface area contributed by atoms with E-state index in [1.165, 1.54) is 11.3 Å². The largest absolute Gasteiger partial charge is 0.330 e. The van der Waals surface area contributed by atoms with Gasteiger partial charge in [0.05, 0.1) is 16.5 Å². The zero-order valence-electron chi connectivity index (χ0n) is 11.0. The summed E-state index contributed by atoms with van der Waals surface area (Å²) in [5.41, 5.74) is 3.33. The maximum Gasteiger partial charge on any atom is 0.281 e. The molecule has 0 saturated heterocycles. The van der Waals surface area contributed by atoms with Crippen molar-refractivity contribution in [1.29, 1.82) is 0 Å². The van der Waals surface area contributed by atoms with Crippen LogP contribution in [0.5, 0.6) is 0 Å². The van der Waals surface area contributed by atoms with E-state index in [0.29, 0.717) is 16.5 Å². The van der Waals surface area contributed by atoms with Crippen LogP contribution in [0.4, 0.5) is 0 Å². The third-order valence-electron chi connectivity index (χ3n) is 3.01. The number of amides is 1. The monoisotopic (exact) mass is 317 g/mol. The number of hydrogen-bond acceptors (Lipinski definition) is 4. The van der Waals surface area contributed by atoms with Gasteiger partial charge in [0.15, 0.2) is 4.77 Å². The first kappa shape index (κ1) is 13.7. The average Bonchev–Trinajstić information content (AvgIpc) is 2.90. The maximum absolute atomic E-state index is 12.4. The van der Waals surface area contributed by atoms with Crippen LogP contribution in [0.2, 0.25) is 0 Å². The van der Waals surface area contributed by atoms with Crippen LogP contribution in [0.15, 0.2) is 40.5 Å². The second-order valence-corrected chi connectivity index (χ2v) is 6.01. The first-order valence-corrected chi connectivity index (χ1v) is 7.45. The van der Waals surface area contributed by atoms with Crippen LogP contribution in [0.3, 0.4) is 0 Å². The fourth-order valence-corrected chi connectivity index (χ4v) is 2.91. The van der Waals surface area contributed by atoms with Crippen molar-refractivity contribution in [1.82, 2.24) is 9.66 Å². The standard InChI is InChI=1S/C14H11N3O2S2/c1-8-6-9(7-21-8)12(18)16-17-13(19)10-4-2-3-5-11(10)15-14(17)20/h2-7H,1H3,(H,15,20)(H,16,18). The summed E-state index contributed by atoms with van der Waals surface area (Å²) in [7, 11) is 0. The molecule has 1 aromatic carbocycles. The molecular formula is C14H11N3O2S2. The number of thiophene rings is 1. The van der Waals surface area contributed by atoms with Gasteiger partial charge in [-0.05, 0) is 37.3 Å². The number of hydrogen-bond donors (Lipinski definition) is 2. The molecule has 0 radical (unpaired) electrons. The minimum absolute atomic E-state index is 0.152. The summed E-state index contributed by atoms with van der Waals surface area (Å²) in [6.45, 7) is 1.91. The van der Waals surface area contributed by atoms with Crippen molar-refractivity contribution in [2.45, 2.75) is 6.92 Å². The third-order valence-corrected chi connectivity index (χ3v) is 4.16. The minimum atomic E-state index is -0.365. The highest BCUT2D eigenvalue weighted by molar-refractivity contribution is 7.71. The van der Waals surface area contributed by atoms with E-state index in [1.54, 1.807) is 29.6 Å². The van der Waals surface area contributed by atoms with Gasteiger partial charge in [0.2, 0.25) is 0 Å². The van der Waals surface area contributed by atoms with Crippen LogP contribution in [-0.2, 0) is 0 Å². The molecule has 3 aromatic rings. The lowest BCUT2D eigenvalue weighted by Crippen LogP contribution is -2.34. The van der Waals surface area contributed by atoms with E-state index >= 15 is 0 Å². The molecule has 7 heteroatoms. The second kappa shape index (κ2) is 5.27. The Morgan fingerprint density at radius 3 is 2.86 bits per heavy atom. The molecule has 0 unspecified atom stereocenters. The summed E-state index contributed by atoms with van der Waals surface area (Å²) in [4.78, 5) is 28.5. The molecule has 2 N–H and O–H groups in total. The number of nitrogens with zero attached hydrogens (tertiary/aromatic N) is 1. The molecule has 2 heterocycles. The lowest BCUT2D eigenvalue weighted by atomic mass is 10.2. The molecule has 0 aliphatic rings. The van der Waals surface area contributed by atoms with Crippen molar-refractivity contribution in [2.24, 2.45) is 0 Å². The molecule has 0 atom stereocenters. The Morgan fingerprint density at radius 2 is 2.14 bits per heavy atom. The van der Waals surface area contributed by atoms with Crippen LogP contribution >= 0.6 is 23.6 Å². The van der Waals surface area contributed by atoms with Gasteiger partial charge >= 0.3 is 0 Å². The molecule has 3 rings (SSSR count). The van der Waals surface area contributed by atoms with E-state index in [0.717, 1.165) is 9.55 Å². The predicted octanol–water partition coefficient (Wildman–Crippen LogP) is 2.81. The molecule has 0 bridgehead atoms. The Balaban J connectivity index is 2.07. The number of para-hydroxylation sites is 1. The van der Waals surface area contributed by atoms with Crippen LogP contribution in [-0.4, -0.2) is 15.6 Å². The van der Waals surface area contributed by atoms with Crippen molar-refractivity contribution < 1.29 is 4.79 Å². The Morgan fingerprint density at radius 1 is 1.38 bits per heavy atom. The smallest absolute Gasteiger partial charge is 0.281 e. The average molecular weight is 317 g/mol. The SMILES string of the molecule is Cc1cc(C(=O)Nn2c(=S)[nH]c3ccccc3c2=O)cs1. The highest BCUT2D eigenvalue weighted by Crippen LogP contribution is 2.13. The molecule has 0 fully saturated rings. The number of aromatic nitrogens is 2. The Kier molecular flexibility index (Phi) is 3.44. The quantitative estimate of drug-likeness (QED) is 0.714. The fourth-order valence-electron chi connectivity index (χ4n) is 1.99. The van der Waals surface area contributed by atoms with E-state index in [-0.39, 0.29) is 16.2 Å². The first-order chi connectivity index (χ1) is 10.1. The van der Waals surface area contributed by atoms with Gasteiger partial charge in [-0.15, -0.1) is 11.3 Å². The lowest BCUT2D eigenvalue weighted by molar-refractivity contribution is 0.101. The van der Waals surface area contributed by atoms with Gasteiger partial charge in [-0.1, -0.05) is 12.1 Å². The Bertz CT molecular complexity index is 952. The minimum Gasteiger partial charge on any atom is -0.330 e. The van der Waals surface area contributed by atoms with Gasteiger partial charge in [0.25, 0.3) is 11.5 Å². The van der Waals surface area contributed by atoms with Gasteiger partial charge < -0.3 is 4.98 Å². The summed E-state index contributed by atoms with van der Waals surface area (Å²) in [6, 6.07) is 8.78. The number of aromatic amines is 1. The van der Waals surface area contributed by atoms with Crippen LogP contribution < -0.4 is 11.0 Å². The van der Waals surface area contributed by atoms with E-state index in [2.05, 4.69) is 10.4 Å². The topological polar surface area (TPSA) is 66.9 Å². The zero-order valence-corrected chi connectivity index (χ0v) is 12.7. The van der Waals surface area contributed by atoms with Gasteiger partial charge in [-0.2, -0.15) is 4.68 Å². The number of aryl methyl sites for hydroxylation is 1. The number of carbonyl (C=O) groups excluding carboxylic acids is 1. The number of carbonyl (C=O) groups is 1. The van der Waals surface area contributed by atoms with Gasteiger partial charge in [-0.25, -0.2) is 0 Å². The predicted molar refractivity (Wildman–Crippen MR) is 86.1 cm³/mol. The van der Waals surface area contributed by atoms with E-state index in [4.69, 9.17) is 12.2 Å². The van der Waals surface area contributed by atoms with Gasteiger partial charge in [0, 0.05) is 10.3 Å². The lowest BCUT2D eigenvalue weighted by Gasteiger charge is -2.08. The molecule has 0 aliphatic heterocycles. The summed E-state index contributed by atoms with van der Waals surface area (Å²) in [6.07, 6.45) is 0. The zero-order chi connectivity index (χ0) is 15.0. The van der Waals surface area contributed by atoms with E-state index < -0.39 is 0 Å². The van der Waals surface area contributed by atoms with E-state index in [1.807, 2.05) is 13.0 Å². The van der Waals surface area contributed by atoms with Crippen molar-refractivity contribution in [2.75, 3.05) is 5.43 Å². The van der Waals surface area contributed by atoms with Crippen molar-refractivity contribution in [3.8, 4) is 0 Å². The molecule has 1 amide bonds. The molecule has 0 spiro atoms. The van der Waals surface area contributed by atoms with Gasteiger partial charge in [-0.3, -0.25) is 15.0 Å². The molecule has 21 heavy (non-hydrogen) atoms. The summed E-state index contributed by atoms with van der Waals surface area (Å²) in [5.74, 6) is -0.365. The summed E-state index contributed by atoms with van der Waals surface area (Å²) < 4.78 is 1.21. The number of benzene rings is 1. The Hall–Kier alpha value is -2.25. The van der Waals surface area contributed by atoms with Gasteiger partial charge in [0.1, 0.15) is 0 Å². The first-order valence-electron chi connectivity index (χ1n) is 6.17.